The molecule has 0 amide bonds. The normalized spacial score (nSPS) is 14.7. The monoisotopic (exact) mass is 1290 g/mol. The Kier molecular flexibility index (Phi) is 57.9. The number of unbranched alkanes of at least 4 members (excludes halogenated alkanes) is 29. The van der Waals surface area contributed by atoms with Crippen LogP contribution >= 0.6 is 15.6 Å². The summed E-state index contributed by atoms with van der Waals surface area (Å²) in [5.74, 6) is 0.0200. The second-order valence-corrected chi connectivity index (χ2v) is 28.3. The first kappa shape index (κ1) is 85.5. The highest BCUT2D eigenvalue weighted by Gasteiger charge is 2.30. The Morgan fingerprint density at radius 3 is 1.01 bits per heavy atom. The molecule has 0 fully saturated rings. The highest BCUT2D eigenvalue weighted by molar-refractivity contribution is 7.47. The van der Waals surface area contributed by atoms with Gasteiger partial charge in [-0.1, -0.05) is 265 Å². The fourth-order valence-corrected chi connectivity index (χ4v) is 11.4. The van der Waals surface area contributed by atoms with Gasteiger partial charge in [-0.15, -0.1) is 0 Å². The number of carbonyl (C=O) groups is 4. The molecule has 0 aliphatic rings. The predicted molar refractivity (Wildman–Crippen MR) is 354 cm³/mol. The number of hydrogen-bond acceptors (Lipinski definition) is 15. The third-order valence-corrected chi connectivity index (χ3v) is 17.5. The zero-order valence-corrected chi connectivity index (χ0v) is 58.5. The molecular weight excluding hydrogens is 1160 g/mol. The fraction of sp³-hybridized carbons (Fsp3) is 0.884. The van der Waals surface area contributed by atoms with Gasteiger partial charge < -0.3 is 33.8 Å². The van der Waals surface area contributed by atoms with Gasteiger partial charge in [-0.3, -0.25) is 37.3 Å². The van der Waals surface area contributed by atoms with Crippen LogP contribution in [0.3, 0.4) is 0 Å². The Hall–Kier alpha value is -2.46. The van der Waals surface area contributed by atoms with E-state index >= 15 is 0 Å². The standard InChI is InChI=1S/C69H130O17P2/c1-8-10-11-12-13-14-15-16-17-18-19-23-28-38-45-52-68(73)86-65(57-80-67(72)51-44-37-32-31-35-42-49-62(7)9-2)59-84-88(77,78)82-55-63(70)54-81-87(75,76)83-58-64(56-79-66(71)50-43-36-30-25-27-34-41-48-61(5)6)85-69(74)53-46-39-29-24-21-20-22-26-33-40-47-60(3)4/h14-17,60-65,70H,8-13,18-59H2,1-7H3,(H,75,76)(H,77,78)/b15-14-,17-16-/t62?,63?,64-,65-/m1/s1. The molecule has 19 heteroatoms. The van der Waals surface area contributed by atoms with E-state index in [1.54, 1.807) is 0 Å². The molecule has 0 aromatic heterocycles. The fourth-order valence-electron chi connectivity index (χ4n) is 9.79. The lowest BCUT2D eigenvalue weighted by Crippen LogP contribution is -2.30. The Labute approximate surface area is 535 Å². The first-order chi connectivity index (χ1) is 42.3. The molecule has 0 aromatic rings. The summed E-state index contributed by atoms with van der Waals surface area (Å²) in [5, 5.41) is 10.6. The van der Waals surface area contributed by atoms with Crippen LogP contribution in [0.15, 0.2) is 24.3 Å². The Bertz CT molecular complexity index is 1830. The summed E-state index contributed by atoms with van der Waals surface area (Å²) in [6.07, 6.45) is 45.4. The van der Waals surface area contributed by atoms with Crippen LogP contribution < -0.4 is 0 Å². The minimum atomic E-state index is -4.96. The van der Waals surface area contributed by atoms with Gasteiger partial charge in [0.1, 0.15) is 19.3 Å². The average molecular weight is 1290 g/mol. The van der Waals surface area contributed by atoms with E-state index in [1.165, 1.54) is 103 Å². The van der Waals surface area contributed by atoms with Crippen molar-refractivity contribution in [3.8, 4) is 0 Å². The molecular formula is C69H130O17P2. The molecule has 0 rings (SSSR count). The Morgan fingerprint density at radius 2 is 0.670 bits per heavy atom. The lowest BCUT2D eigenvalue weighted by Gasteiger charge is -2.21. The van der Waals surface area contributed by atoms with Gasteiger partial charge in [0.15, 0.2) is 12.2 Å². The lowest BCUT2D eigenvalue weighted by atomic mass is 10.00. The van der Waals surface area contributed by atoms with Gasteiger partial charge in [0, 0.05) is 25.7 Å². The quantitative estimate of drug-likeness (QED) is 0.0169. The summed E-state index contributed by atoms with van der Waals surface area (Å²) in [6.45, 7) is 11.7. The number of hydrogen-bond donors (Lipinski definition) is 3. The smallest absolute Gasteiger partial charge is 0.462 e. The Balaban J connectivity index is 5.29. The van der Waals surface area contributed by atoms with Gasteiger partial charge >= 0.3 is 39.5 Å². The van der Waals surface area contributed by atoms with Crippen LogP contribution in [0.1, 0.15) is 318 Å². The van der Waals surface area contributed by atoms with Crippen molar-refractivity contribution < 1.29 is 80.2 Å². The van der Waals surface area contributed by atoms with Crippen LogP contribution in [-0.2, 0) is 65.4 Å². The second kappa shape index (κ2) is 59.5. The first-order valence-corrected chi connectivity index (χ1v) is 38.2. The van der Waals surface area contributed by atoms with Crippen LogP contribution in [0.2, 0.25) is 0 Å². The third-order valence-electron chi connectivity index (χ3n) is 15.6. The molecule has 6 atom stereocenters. The number of allylic oxidation sites excluding steroid dienone is 4. The Morgan fingerprint density at radius 1 is 0.375 bits per heavy atom. The van der Waals surface area contributed by atoms with Crippen LogP contribution in [0.25, 0.3) is 0 Å². The zero-order chi connectivity index (χ0) is 65.2. The van der Waals surface area contributed by atoms with E-state index in [0.29, 0.717) is 31.6 Å². The number of carbonyl (C=O) groups excluding carboxylic acids is 4. The van der Waals surface area contributed by atoms with Gasteiger partial charge in [0.2, 0.25) is 0 Å². The van der Waals surface area contributed by atoms with E-state index in [0.717, 1.165) is 127 Å². The van der Waals surface area contributed by atoms with E-state index in [1.807, 2.05) is 0 Å². The van der Waals surface area contributed by atoms with Crippen molar-refractivity contribution in [2.45, 2.75) is 336 Å². The van der Waals surface area contributed by atoms with Crippen molar-refractivity contribution in [2.24, 2.45) is 17.8 Å². The minimum Gasteiger partial charge on any atom is -0.462 e. The largest absolute Gasteiger partial charge is 0.472 e. The number of aliphatic hydroxyl groups is 1. The summed E-state index contributed by atoms with van der Waals surface area (Å²) in [4.78, 5) is 72.4. The van der Waals surface area contributed by atoms with E-state index in [-0.39, 0.29) is 25.7 Å². The summed E-state index contributed by atoms with van der Waals surface area (Å²) in [5.41, 5.74) is 0. The molecule has 0 aromatic carbocycles. The molecule has 0 aliphatic carbocycles. The first-order valence-electron chi connectivity index (χ1n) is 35.2. The minimum absolute atomic E-state index is 0.0835. The zero-order valence-electron chi connectivity index (χ0n) is 56.7. The van der Waals surface area contributed by atoms with Crippen LogP contribution in [0.4, 0.5) is 0 Å². The summed E-state index contributed by atoms with van der Waals surface area (Å²) in [7, 11) is -9.91. The number of rotatable bonds is 65. The highest BCUT2D eigenvalue weighted by atomic mass is 31.2. The van der Waals surface area contributed by atoms with Crippen molar-refractivity contribution in [3.05, 3.63) is 24.3 Å². The summed E-state index contributed by atoms with van der Waals surface area (Å²) >= 11 is 0. The molecule has 0 saturated carbocycles. The molecule has 0 radical (unpaired) electrons. The summed E-state index contributed by atoms with van der Waals surface area (Å²) in [6, 6.07) is 0. The van der Waals surface area contributed by atoms with Crippen molar-refractivity contribution in [3.63, 3.8) is 0 Å². The second-order valence-electron chi connectivity index (χ2n) is 25.4. The van der Waals surface area contributed by atoms with Crippen molar-refractivity contribution in [1.82, 2.24) is 0 Å². The predicted octanol–water partition coefficient (Wildman–Crippen LogP) is 19.0. The highest BCUT2D eigenvalue weighted by Crippen LogP contribution is 2.45. The van der Waals surface area contributed by atoms with E-state index in [2.05, 4.69) is 72.8 Å². The molecule has 518 valence electrons. The van der Waals surface area contributed by atoms with Crippen molar-refractivity contribution >= 4 is 39.5 Å². The molecule has 3 N–H and O–H groups in total. The van der Waals surface area contributed by atoms with Gasteiger partial charge in [-0.2, -0.15) is 0 Å². The third kappa shape index (κ3) is 61.1. The van der Waals surface area contributed by atoms with Gasteiger partial charge in [0.25, 0.3) is 0 Å². The van der Waals surface area contributed by atoms with Gasteiger partial charge in [0.05, 0.1) is 26.4 Å². The number of ether oxygens (including phenoxy) is 4. The van der Waals surface area contributed by atoms with Crippen molar-refractivity contribution in [2.75, 3.05) is 39.6 Å². The van der Waals surface area contributed by atoms with Gasteiger partial charge in [-0.05, 0) is 69.1 Å². The van der Waals surface area contributed by atoms with Gasteiger partial charge in [-0.25, -0.2) is 9.13 Å². The molecule has 17 nitrogen and oxygen atoms in total. The maximum absolute atomic E-state index is 13.0. The molecule has 0 spiro atoms. The molecule has 0 aliphatic heterocycles. The van der Waals surface area contributed by atoms with Crippen LogP contribution in [0.5, 0.6) is 0 Å². The maximum Gasteiger partial charge on any atom is 0.472 e. The molecule has 0 bridgehead atoms. The van der Waals surface area contributed by atoms with Crippen LogP contribution in [0, 0.1) is 17.8 Å². The SMILES string of the molecule is CCCCCC/C=C\C=C/CCCCCCCC(=O)O[C@H](COC(=O)CCCCCCCCC(C)CC)COP(=O)(O)OCC(O)COP(=O)(O)OC[C@@H](COC(=O)CCCCCCCCCC(C)C)OC(=O)CCCCCCCCCCCCC(C)C. The van der Waals surface area contributed by atoms with Crippen LogP contribution in [-0.4, -0.2) is 96.7 Å². The lowest BCUT2D eigenvalue weighted by molar-refractivity contribution is -0.161. The number of esters is 4. The maximum atomic E-state index is 13.0. The number of phosphoric acid groups is 2. The van der Waals surface area contributed by atoms with Crippen molar-refractivity contribution in [1.29, 1.82) is 0 Å². The number of phosphoric ester groups is 2. The topological polar surface area (TPSA) is 237 Å². The number of aliphatic hydroxyl groups excluding tert-OH is 1. The molecule has 88 heavy (non-hydrogen) atoms. The molecule has 0 heterocycles. The molecule has 4 unspecified atom stereocenters. The molecule has 0 saturated heterocycles. The average Bonchev–Trinajstić information content (AvgIpc) is 3.70. The van der Waals surface area contributed by atoms with E-state index < -0.39 is 97.5 Å². The summed E-state index contributed by atoms with van der Waals surface area (Å²) < 4.78 is 68.2. The van der Waals surface area contributed by atoms with E-state index in [4.69, 9.17) is 37.0 Å². The van der Waals surface area contributed by atoms with E-state index in [9.17, 15) is 43.2 Å².